The maximum atomic E-state index is 6.09. The van der Waals surface area contributed by atoms with Gasteiger partial charge in [0, 0.05) is 41.0 Å². The molecule has 1 aliphatic heterocycles. The van der Waals surface area contributed by atoms with E-state index in [-0.39, 0.29) is 6.10 Å². The second-order valence-electron chi connectivity index (χ2n) is 8.57. The predicted molar refractivity (Wildman–Crippen MR) is 131 cm³/mol. The standard InChI is InChI=1S/C26H25N7O/c1-17-9-11-33(32-17)25-6-2-5-22(30-25)18-7-8-23-20(12-18)21(14-29-23)24-15-28-16-26(31-24)34-19-4-3-10-27-13-19/h2,5-9,11-12,14-16,19,27,29H,3-4,10,13H2,1H3. The maximum absolute atomic E-state index is 6.09. The van der Waals surface area contributed by atoms with Crippen molar-refractivity contribution in [1.82, 2.24) is 35.0 Å². The number of piperidine rings is 1. The van der Waals surface area contributed by atoms with Crippen molar-refractivity contribution >= 4 is 10.9 Å². The first kappa shape index (κ1) is 20.6. The number of nitrogens with one attached hydrogen (secondary N) is 2. The number of benzene rings is 1. The van der Waals surface area contributed by atoms with Crippen molar-refractivity contribution in [1.29, 1.82) is 0 Å². The summed E-state index contributed by atoms with van der Waals surface area (Å²) in [6.45, 7) is 3.85. The average Bonchev–Trinajstić information content (AvgIpc) is 3.51. The van der Waals surface area contributed by atoms with E-state index in [1.807, 2.05) is 43.6 Å². The van der Waals surface area contributed by atoms with Crippen LogP contribution in [0.25, 0.3) is 39.2 Å². The van der Waals surface area contributed by atoms with Gasteiger partial charge in [-0.15, -0.1) is 0 Å². The molecule has 2 N–H and O–H groups in total. The summed E-state index contributed by atoms with van der Waals surface area (Å²) in [5.74, 6) is 1.34. The fourth-order valence-electron chi connectivity index (χ4n) is 4.37. The zero-order valence-corrected chi connectivity index (χ0v) is 18.9. The van der Waals surface area contributed by atoms with Crippen LogP contribution in [0.3, 0.4) is 0 Å². The van der Waals surface area contributed by atoms with Gasteiger partial charge in [0.1, 0.15) is 6.10 Å². The summed E-state index contributed by atoms with van der Waals surface area (Å²) < 4.78 is 7.89. The van der Waals surface area contributed by atoms with Crippen LogP contribution in [-0.2, 0) is 0 Å². The molecule has 1 aromatic carbocycles. The molecule has 0 radical (unpaired) electrons. The lowest BCUT2D eigenvalue weighted by Crippen LogP contribution is -2.37. The van der Waals surface area contributed by atoms with Gasteiger partial charge in [-0.3, -0.25) is 4.98 Å². The Hall–Kier alpha value is -4.04. The molecule has 1 unspecified atom stereocenters. The number of pyridine rings is 1. The van der Waals surface area contributed by atoms with Crippen LogP contribution in [0.1, 0.15) is 18.5 Å². The molecule has 0 spiro atoms. The van der Waals surface area contributed by atoms with E-state index in [9.17, 15) is 0 Å². The summed E-state index contributed by atoms with van der Waals surface area (Å²) in [6.07, 6.45) is 9.63. The lowest BCUT2D eigenvalue weighted by atomic mass is 10.1. The molecule has 0 saturated carbocycles. The van der Waals surface area contributed by atoms with Gasteiger partial charge in [0.15, 0.2) is 5.82 Å². The van der Waals surface area contributed by atoms with E-state index in [1.165, 1.54) is 0 Å². The highest BCUT2D eigenvalue weighted by atomic mass is 16.5. The highest BCUT2D eigenvalue weighted by Crippen LogP contribution is 2.31. The quantitative estimate of drug-likeness (QED) is 0.414. The predicted octanol–water partition coefficient (Wildman–Crippen LogP) is 4.31. The monoisotopic (exact) mass is 451 g/mol. The molecular weight excluding hydrogens is 426 g/mol. The number of aromatic amines is 1. The molecule has 5 aromatic rings. The number of fused-ring (bicyclic) bond motifs is 1. The van der Waals surface area contributed by atoms with Crippen molar-refractivity contribution in [3.8, 4) is 34.2 Å². The molecule has 1 atom stereocenters. The zero-order chi connectivity index (χ0) is 22.9. The molecule has 0 amide bonds. The topological polar surface area (TPSA) is 93.5 Å². The number of nitrogens with zero attached hydrogens (tertiary/aromatic N) is 5. The lowest BCUT2D eigenvalue weighted by molar-refractivity contribution is 0.160. The van der Waals surface area contributed by atoms with E-state index >= 15 is 0 Å². The Labute approximate surface area is 197 Å². The van der Waals surface area contributed by atoms with Gasteiger partial charge in [0.25, 0.3) is 0 Å². The third-order valence-electron chi connectivity index (χ3n) is 6.10. The minimum absolute atomic E-state index is 0.129. The number of aryl methyl sites for hydroxylation is 1. The fraction of sp³-hybridized carbons (Fsp3) is 0.231. The number of rotatable bonds is 5. The summed E-state index contributed by atoms with van der Waals surface area (Å²) >= 11 is 0. The van der Waals surface area contributed by atoms with Crippen LogP contribution in [0.15, 0.2) is 67.3 Å². The first-order valence-corrected chi connectivity index (χ1v) is 11.5. The average molecular weight is 452 g/mol. The van der Waals surface area contributed by atoms with E-state index in [1.54, 1.807) is 17.1 Å². The molecule has 1 aliphatic rings. The van der Waals surface area contributed by atoms with Crippen LogP contribution >= 0.6 is 0 Å². The smallest absolute Gasteiger partial charge is 0.233 e. The SMILES string of the molecule is Cc1ccn(-c2cccc(-c3ccc4[nH]cc(-c5cncc(OC6CCCNC6)n5)c4c3)n2)n1. The highest BCUT2D eigenvalue weighted by molar-refractivity contribution is 5.96. The summed E-state index contributed by atoms with van der Waals surface area (Å²) in [5, 5.41) is 8.91. The van der Waals surface area contributed by atoms with Crippen molar-refractivity contribution in [3.05, 3.63) is 72.9 Å². The summed E-state index contributed by atoms with van der Waals surface area (Å²) in [5.41, 5.74) is 5.65. The van der Waals surface area contributed by atoms with Gasteiger partial charge in [-0.1, -0.05) is 12.1 Å². The lowest BCUT2D eigenvalue weighted by Gasteiger charge is -2.23. The normalized spacial score (nSPS) is 16.1. The van der Waals surface area contributed by atoms with Gasteiger partial charge in [-0.25, -0.2) is 14.6 Å². The Kier molecular flexibility index (Phi) is 5.27. The van der Waals surface area contributed by atoms with E-state index < -0.39 is 0 Å². The number of hydrogen-bond acceptors (Lipinski definition) is 6. The first-order chi connectivity index (χ1) is 16.7. The molecule has 8 heteroatoms. The number of hydrogen-bond donors (Lipinski definition) is 2. The van der Waals surface area contributed by atoms with Crippen LogP contribution in [0.4, 0.5) is 0 Å². The van der Waals surface area contributed by atoms with Crippen LogP contribution in [0.2, 0.25) is 0 Å². The number of ether oxygens (including phenoxy) is 1. The Bertz CT molecular complexity index is 1450. The summed E-state index contributed by atoms with van der Waals surface area (Å²) in [4.78, 5) is 17.3. The molecule has 6 rings (SSSR count). The van der Waals surface area contributed by atoms with Crippen molar-refractivity contribution in [2.24, 2.45) is 0 Å². The Morgan fingerprint density at radius 1 is 1.06 bits per heavy atom. The molecule has 1 saturated heterocycles. The van der Waals surface area contributed by atoms with Gasteiger partial charge in [0.2, 0.25) is 5.88 Å². The van der Waals surface area contributed by atoms with Crippen molar-refractivity contribution in [3.63, 3.8) is 0 Å². The van der Waals surface area contributed by atoms with E-state index in [0.29, 0.717) is 5.88 Å². The molecule has 8 nitrogen and oxygen atoms in total. The third kappa shape index (κ3) is 4.04. The van der Waals surface area contributed by atoms with Crippen molar-refractivity contribution in [2.45, 2.75) is 25.9 Å². The molecule has 4 aromatic heterocycles. The minimum Gasteiger partial charge on any atom is -0.472 e. The van der Waals surface area contributed by atoms with Crippen LogP contribution in [-0.4, -0.2) is 48.9 Å². The Balaban J connectivity index is 1.34. The van der Waals surface area contributed by atoms with Crippen LogP contribution in [0, 0.1) is 6.92 Å². The minimum atomic E-state index is 0.129. The first-order valence-electron chi connectivity index (χ1n) is 11.5. The second-order valence-corrected chi connectivity index (χ2v) is 8.57. The van der Waals surface area contributed by atoms with Crippen LogP contribution < -0.4 is 10.1 Å². The molecule has 170 valence electrons. The Morgan fingerprint density at radius 2 is 2.03 bits per heavy atom. The van der Waals surface area contributed by atoms with E-state index in [0.717, 1.165) is 70.9 Å². The molecule has 34 heavy (non-hydrogen) atoms. The van der Waals surface area contributed by atoms with Gasteiger partial charge in [-0.2, -0.15) is 5.10 Å². The van der Waals surface area contributed by atoms with E-state index in [2.05, 4.69) is 38.6 Å². The molecular formula is C26H25N7O. The second kappa shape index (κ2) is 8.72. The van der Waals surface area contributed by atoms with Gasteiger partial charge < -0.3 is 15.0 Å². The third-order valence-corrected chi connectivity index (χ3v) is 6.10. The molecule has 5 heterocycles. The van der Waals surface area contributed by atoms with Crippen LogP contribution in [0.5, 0.6) is 5.88 Å². The Morgan fingerprint density at radius 3 is 2.88 bits per heavy atom. The highest BCUT2D eigenvalue weighted by Gasteiger charge is 2.16. The summed E-state index contributed by atoms with van der Waals surface area (Å²) in [7, 11) is 0. The maximum Gasteiger partial charge on any atom is 0.233 e. The largest absolute Gasteiger partial charge is 0.472 e. The number of H-pyrrole nitrogens is 1. The zero-order valence-electron chi connectivity index (χ0n) is 18.9. The van der Waals surface area contributed by atoms with Gasteiger partial charge in [-0.05, 0) is 56.6 Å². The van der Waals surface area contributed by atoms with Gasteiger partial charge >= 0.3 is 0 Å². The summed E-state index contributed by atoms with van der Waals surface area (Å²) in [6, 6.07) is 14.2. The van der Waals surface area contributed by atoms with E-state index in [4.69, 9.17) is 14.7 Å². The number of aromatic nitrogens is 6. The molecule has 0 bridgehead atoms. The van der Waals surface area contributed by atoms with Gasteiger partial charge in [0.05, 0.1) is 29.5 Å². The van der Waals surface area contributed by atoms with Crippen molar-refractivity contribution in [2.75, 3.05) is 13.1 Å². The van der Waals surface area contributed by atoms with Crippen molar-refractivity contribution < 1.29 is 4.74 Å². The fourth-order valence-corrected chi connectivity index (χ4v) is 4.37. The molecule has 0 aliphatic carbocycles. The molecule has 1 fully saturated rings.